The Morgan fingerprint density at radius 3 is 2.33 bits per heavy atom. The van der Waals surface area contributed by atoms with Crippen molar-refractivity contribution in [3.63, 3.8) is 0 Å². The maximum Gasteiger partial charge on any atom is 0.335 e. The lowest BCUT2D eigenvalue weighted by molar-refractivity contribution is -0.123. The molecule has 208 valence electrons. The van der Waals surface area contributed by atoms with Gasteiger partial charge in [-0.1, -0.05) is 31.0 Å². The molecule has 4 N–H and O–H groups in total. The number of halogens is 1. The van der Waals surface area contributed by atoms with Crippen LogP contribution in [0, 0.1) is 5.92 Å². The van der Waals surface area contributed by atoms with Crippen LogP contribution in [0.5, 0.6) is 0 Å². The minimum atomic E-state index is -0.945. The van der Waals surface area contributed by atoms with Crippen LogP contribution in [0.3, 0.4) is 0 Å². The molecule has 2 fully saturated rings. The molecule has 0 spiro atoms. The quantitative estimate of drug-likeness (QED) is 0.371. The number of amides is 2. The number of carbonyl (C=O) groups is 3. The number of benzene rings is 2. The van der Waals surface area contributed by atoms with Crippen molar-refractivity contribution in [3.05, 3.63) is 71.4 Å². The summed E-state index contributed by atoms with van der Waals surface area (Å²) in [5.74, 6) is -1.60. The molecule has 5 rings (SSSR count). The summed E-state index contributed by atoms with van der Waals surface area (Å²) in [4.78, 5) is 37.1. The second kappa shape index (κ2) is 12.2. The molecule has 2 atom stereocenters. The first-order valence-electron chi connectivity index (χ1n) is 13.5. The summed E-state index contributed by atoms with van der Waals surface area (Å²) in [7, 11) is 4.21. The Morgan fingerprint density at radius 1 is 1.05 bits per heavy atom. The van der Waals surface area contributed by atoms with Gasteiger partial charge in [0.1, 0.15) is 0 Å². The van der Waals surface area contributed by atoms with E-state index in [-0.39, 0.29) is 29.3 Å². The van der Waals surface area contributed by atoms with E-state index in [1.165, 1.54) is 22.5 Å². The third kappa shape index (κ3) is 6.99. The monoisotopic (exact) mass is 552 g/mol. The van der Waals surface area contributed by atoms with Crippen molar-refractivity contribution >= 4 is 40.5 Å². The van der Waals surface area contributed by atoms with Gasteiger partial charge in [0.05, 0.1) is 17.0 Å². The molecule has 9 heteroatoms. The Hall–Kier alpha value is -3.36. The third-order valence-electron chi connectivity index (χ3n) is 7.99. The van der Waals surface area contributed by atoms with Crippen LogP contribution in [0.15, 0.2) is 54.7 Å². The first-order valence-corrected chi connectivity index (χ1v) is 13.8. The lowest BCUT2D eigenvalue weighted by Crippen LogP contribution is -2.47. The number of carbonyl (C=O) groups excluding carboxylic acids is 2. The first-order chi connectivity index (χ1) is 18.6. The Bertz CT molecular complexity index is 1330. The van der Waals surface area contributed by atoms with Crippen LogP contribution in [0.1, 0.15) is 71.2 Å². The number of rotatable bonds is 8. The summed E-state index contributed by atoms with van der Waals surface area (Å²) in [6.45, 7) is 1.08. The van der Waals surface area contributed by atoms with Gasteiger partial charge in [0.15, 0.2) is 0 Å². The normalized spacial score (nSPS) is 19.7. The molecule has 1 aromatic heterocycles. The van der Waals surface area contributed by atoms with Crippen LogP contribution < -0.4 is 11.1 Å². The fraction of sp³-hybridized carbons (Fsp3) is 0.433. The molecule has 3 aromatic rings. The van der Waals surface area contributed by atoms with E-state index in [4.69, 9.17) is 22.6 Å². The predicted octanol–water partition coefficient (Wildman–Crippen LogP) is 4.79. The molecular formula is C30H37ClN4O4. The number of fused-ring (bicyclic) bond motifs is 1. The fourth-order valence-electron chi connectivity index (χ4n) is 5.37. The van der Waals surface area contributed by atoms with Crippen LogP contribution in [0.25, 0.3) is 10.9 Å². The SMILES string of the molecule is CN(C)CCC1(c2ccc(C(=O)NC3CCCCC3C(N)=O)cc2)CC1.O=C(O)c1ccc2ccn(Cl)c2c1. The molecule has 0 saturated heterocycles. The Kier molecular flexibility index (Phi) is 8.97. The molecule has 0 radical (unpaired) electrons. The van der Waals surface area contributed by atoms with Crippen molar-refractivity contribution in [2.24, 2.45) is 11.7 Å². The average molecular weight is 553 g/mol. The smallest absolute Gasteiger partial charge is 0.335 e. The average Bonchev–Trinajstić information content (AvgIpc) is 3.63. The zero-order chi connectivity index (χ0) is 28.2. The highest BCUT2D eigenvalue weighted by Gasteiger charge is 2.43. The van der Waals surface area contributed by atoms with Crippen molar-refractivity contribution in [1.29, 1.82) is 0 Å². The molecule has 1 heterocycles. The second-order valence-corrected chi connectivity index (χ2v) is 11.4. The van der Waals surface area contributed by atoms with Gasteiger partial charge in [-0.25, -0.2) is 4.79 Å². The molecular weight excluding hydrogens is 516 g/mol. The highest BCUT2D eigenvalue weighted by atomic mass is 35.5. The molecule has 2 aromatic carbocycles. The number of carboxylic acid groups (broad SMARTS) is 1. The summed E-state index contributed by atoms with van der Waals surface area (Å²) >= 11 is 5.77. The van der Waals surface area contributed by atoms with Crippen molar-refractivity contribution < 1.29 is 19.5 Å². The van der Waals surface area contributed by atoms with Gasteiger partial charge in [-0.05, 0) is 94.1 Å². The lowest BCUT2D eigenvalue weighted by atomic mass is 9.84. The maximum absolute atomic E-state index is 12.6. The molecule has 2 unspecified atom stereocenters. The zero-order valence-corrected chi connectivity index (χ0v) is 23.3. The number of aromatic nitrogens is 1. The van der Waals surface area contributed by atoms with Gasteiger partial charge in [0, 0.05) is 35.0 Å². The topological polar surface area (TPSA) is 118 Å². The minimum absolute atomic E-state index is 0.104. The third-order valence-corrected chi connectivity index (χ3v) is 8.29. The van der Waals surface area contributed by atoms with Crippen LogP contribution in [-0.2, 0) is 10.2 Å². The number of nitrogens with one attached hydrogen (secondary N) is 1. The summed E-state index contributed by atoms with van der Waals surface area (Å²) in [6.07, 6.45) is 8.93. The standard InChI is InChI=1S/C21H31N3O2.C9H6ClNO2/c1-24(2)14-13-21(11-12-21)16-9-7-15(8-10-16)20(26)23-18-6-4-3-5-17(18)19(22)25;10-11-4-3-6-1-2-7(9(12)13)5-8(6)11/h7-10,17-18H,3-6,11-14H2,1-2H3,(H2,22,25)(H,23,26);1-5H,(H,12,13). The molecule has 2 saturated carbocycles. The maximum atomic E-state index is 12.6. The molecule has 2 amide bonds. The largest absolute Gasteiger partial charge is 0.478 e. The molecule has 2 aliphatic rings. The molecule has 39 heavy (non-hydrogen) atoms. The number of nitrogens with zero attached hydrogens (tertiary/aromatic N) is 2. The van der Waals surface area contributed by atoms with E-state index < -0.39 is 5.97 Å². The van der Waals surface area contributed by atoms with Crippen molar-refractivity contribution in [2.45, 2.75) is 56.4 Å². The number of hydrogen-bond acceptors (Lipinski definition) is 4. The van der Waals surface area contributed by atoms with Gasteiger partial charge < -0.3 is 21.1 Å². The van der Waals surface area contributed by atoms with Crippen molar-refractivity contribution in [2.75, 3.05) is 20.6 Å². The van der Waals surface area contributed by atoms with E-state index in [0.717, 1.165) is 44.0 Å². The van der Waals surface area contributed by atoms with Gasteiger partial charge in [0.25, 0.3) is 5.91 Å². The Labute approximate surface area is 234 Å². The summed E-state index contributed by atoms with van der Waals surface area (Å²) < 4.78 is 1.38. The van der Waals surface area contributed by atoms with E-state index in [1.807, 2.05) is 18.2 Å². The highest BCUT2D eigenvalue weighted by Crippen LogP contribution is 2.51. The van der Waals surface area contributed by atoms with Gasteiger partial charge in [-0.3, -0.25) is 13.7 Å². The molecule has 2 aliphatic carbocycles. The van der Waals surface area contributed by atoms with Crippen molar-refractivity contribution in [3.8, 4) is 0 Å². The summed E-state index contributed by atoms with van der Waals surface area (Å²) in [5.41, 5.74) is 8.76. The van der Waals surface area contributed by atoms with Gasteiger partial charge >= 0.3 is 5.97 Å². The first kappa shape index (κ1) is 28.6. The number of hydrogen-bond donors (Lipinski definition) is 3. The number of nitrogens with two attached hydrogens (primary N) is 1. The van der Waals surface area contributed by atoms with E-state index in [9.17, 15) is 14.4 Å². The predicted molar refractivity (Wildman–Crippen MR) is 153 cm³/mol. The highest BCUT2D eigenvalue weighted by molar-refractivity contribution is 6.19. The van der Waals surface area contributed by atoms with Crippen LogP contribution in [0.2, 0.25) is 0 Å². The summed E-state index contributed by atoms with van der Waals surface area (Å²) in [6, 6.07) is 14.6. The van der Waals surface area contributed by atoms with Crippen LogP contribution >= 0.6 is 11.8 Å². The number of carboxylic acids is 1. The van der Waals surface area contributed by atoms with Gasteiger partial charge in [0.2, 0.25) is 5.91 Å². The van der Waals surface area contributed by atoms with Gasteiger partial charge in [-0.15, -0.1) is 0 Å². The van der Waals surface area contributed by atoms with Gasteiger partial charge in [-0.2, -0.15) is 0 Å². The molecule has 0 aliphatic heterocycles. The summed E-state index contributed by atoms with van der Waals surface area (Å²) in [5, 5.41) is 12.7. The van der Waals surface area contributed by atoms with E-state index >= 15 is 0 Å². The lowest BCUT2D eigenvalue weighted by Gasteiger charge is -2.30. The number of primary amides is 1. The molecule has 8 nitrogen and oxygen atoms in total. The van der Waals surface area contributed by atoms with Crippen LogP contribution in [0.4, 0.5) is 0 Å². The van der Waals surface area contributed by atoms with E-state index in [2.05, 4.69) is 36.4 Å². The second-order valence-electron chi connectivity index (χ2n) is 11.0. The fourth-order valence-corrected chi connectivity index (χ4v) is 5.57. The number of aromatic carboxylic acids is 1. The van der Waals surface area contributed by atoms with E-state index in [0.29, 0.717) is 16.5 Å². The van der Waals surface area contributed by atoms with Crippen LogP contribution in [-0.4, -0.2) is 58.6 Å². The van der Waals surface area contributed by atoms with Crippen molar-refractivity contribution in [1.82, 2.24) is 14.3 Å². The van der Waals surface area contributed by atoms with E-state index in [1.54, 1.807) is 24.4 Å². The molecule has 0 bridgehead atoms. The Balaban J connectivity index is 0.000000226. The Morgan fingerprint density at radius 2 is 1.72 bits per heavy atom. The minimum Gasteiger partial charge on any atom is -0.478 e. The zero-order valence-electron chi connectivity index (χ0n) is 22.5.